The largest absolute Gasteiger partial charge is 0.321 e. The molecule has 3 heteroatoms. The molecule has 0 unspecified atom stereocenters. The van der Waals surface area contributed by atoms with E-state index >= 15 is 0 Å². The maximum Gasteiger partial charge on any atom is 0.134 e. The van der Waals surface area contributed by atoms with Gasteiger partial charge in [0.25, 0.3) is 0 Å². The quantitative estimate of drug-likeness (QED) is 0.821. The van der Waals surface area contributed by atoms with E-state index < -0.39 is 17.2 Å². The van der Waals surface area contributed by atoms with Crippen LogP contribution >= 0.6 is 0 Å². The van der Waals surface area contributed by atoms with Crippen molar-refractivity contribution in [1.29, 1.82) is 0 Å². The third-order valence-electron chi connectivity index (χ3n) is 3.55. The third-order valence-corrected chi connectivity index (χ3v) is 3.55. The maximum atomic E-state index is 14.1. The second-order valence-corrected chi connectivity index (χ2v) is 4.61. The molecule has 1 fully saturated rings. The zero-order valence-corrected chi connectivity index (χ0v) is 9.52. The minimum absolute atomic E-state index is 0.101. The SMILES string of the molecule is CCc1ccc(F)c(C2(N)CCCC2)c1F. The zero-order valence-electron chi connectivity index (χ0n) is 9.52. The van der Waals surface area contributed by atoms with Crippen molar-refractivity contribution in [2.75, 3.05) is 0 Å². The van der Waals surface area contributed by atoms with E-state index in [9.17, 15) is 8.78 Å². The summed E-state index contributed by atoms with van der Waals surface area (Å²) in [5.41, 5.74) is 5.98. The molecule has 1 aliphatic rings. The highest BCUT2D eigenvalue weighted by Gasteiger charge is 2.36. The first-order valence-corrected chi connectivity index (χ1v) is 5.85. The lowest BCUT2D eigenvalue weighted by Gasteiger charge is -2.26. The van der Waals surface area contributed by atoms with Gasteiger partial charge in [-0.25, -0.2) is 8.78 Å². The van der Waals surface area contributed by atoms with Crippen LogP contribution in [0.4, 0.5) is 8.78 Å². The summed E-state index contributed by atoms with van der Waals surface area (Å²) in [5, 5.41) is 0. The van der Waals surface area contributed by atoms with Crippen LogP contribution in [0.1, 0.15) is 43.7 Å². The lowest BCUT2D eigenvalue weighted by molar-refractivity contribution is 0.402. The van der Waals surface area contributed by atoms with Crippen LogP contribution in [0.25, 0.3) is 0 Å². The van der Waals surface area contributed by atoms with Gasteiger partial charge in [-0.2, -0.15) is 0 Å². The number of aryl methyl sites for hydroxylation is 1. The van der Waals surface area contributed by atoms with E-state index in [1.165, 1.54) is 12.1 Å². The van der Waals surface area contributed by atoms with Crippen LogP contribution in [-0.2, 0) is 12.0 Å². The fourth-order valence-electron chi connectivity index (χ4n) is 2.58. The first-order chi connectivity index (χ1) is 7.58. The molecule has 0 atom stereocenters. The summed E-state index contributed by atoms with van der Waals surface area (Å²) in [6.07, 6.45) is 3.81. The Morgan fingerprint density at radius 2 is 1.88 bits per heavy atom. The van der Waals surface area contributed by atoms with Gasteiger partial charge in [0, 0.05) is 11.1 Å². The average molecular weight is 225 g/mol. The number of halogens is 2. The molecule has 0 heterocycles. The van der Waals surface area contributed by atoms with E-state index in [-0.39, 0.29) is 5.56 Å². The molecule has 2 N–H and O–H groups in total. The van der Waals surface area contributed by atoms with Crippen LogP contribution in [0, 0.1) is 11.6 Å². The van der Waals surface area contributed by atoms with Gasteiger partial charge < -0.3 is 5.73 Å². The second kappa shape index (κ2) is 4.13. The summed E-state index contributed by atoms with van der Waals surface area (Å²) < 4.78 is 27.9. The number of nitrogens with two attached hydrogens (primary N) is 1. The van der Waals surface area contributed by atoms with Gasteiger partial charge in [0.15, 0.2) is 0 Å². The molecule has 0 amide bonds. The van der Waals surface area contributed by atoms with Crippen LogP contribution < -0.4 is 5.73 Å². The van der Waals surface area contributed by atoms with E-state index in [4.69, 9.17) is 5.73 Å². The molecule has 1 aromatic rings. The Hall–Kier alpha value is -0.960. The van der Waals surface area contributed by atoms with E-state index in [1.807, 2.05) is 6.92 Å². The fourth-order valence-corrected chi connectivity index (χ4v) is 2.58. The molecule has 0 bridgehead atoms. The maximum absolute atomic E-state index is 14.1. The predicted molar refractivity (Wildman–Crippen MR) is 60.1 cm³/mol. The average Bonchev–Trinajstić information content (AvgIpc) is 2.66. The minimum atomic E-state index is -0.792. The van der Waals surface area contributed by atoms with Gasteiger partial charge in [-0.1, -0.05) is 25.8 Å². The number of hydrogen-bond donors (Lipinski definition) is 1. The highest BCUT2D eigenvalue weighted by atomic mass is 19.1. The molecule has 1 aromatic carbocycles. The molecule has 1 nitrogen and oxygen atoms in total. The van der Waals surface area contributed by atoms with Gasteiger partial charge in [-0.05, 0) is 30.9 Å². The monoisotopic (exact) mass is 225 g/mol. The lowest BCUT2D eigenvalue weighted by atomic mass is 9.87. The Morgan fingerprint density at radius 1 is 1.25 bits per heavy atom. The van der Waals surface area contributed by atoms with Crippen molar-refractivity contribution in [3.8, 4) is 0 Å². The van der Waals surface area contributed by atoms with Crippen LogP contribution in [0.2, 0.25) is 0 Å². The molecular formula is C13H17F2N. The summed E-state index contributed by atoms with van der Waals surface area (Å²) in [5.74, 6) is -0.939. The Bertz CT molecular complexity index is 395. The van der Waals surface area contributed by atoms with Crippen LogP contribution in [0.15, 0.2) is 12.1 Å². The third kappa shape index (κ3) is 1.73. The summed E-state index contributed by atoms with van der Waals surface area (Å²) in [6.45, 7) is 1.86. The van der Waals surface area contributed by atoms with E-state index in [0.29, 0.717) is 24.8 Å². The van der Waals surface area contributed by atoms with Crippen molar-refractivity contribution in [2.45, 2.75) is 44.6 Å². The summed E-state index contributed by atoms with van der Waals surface area (Å²) in [6, 6.07) is 2.84. The molecule has 0 spiro atoms. The summed E-state index contributed by atoms with van der Waals surface area (Å²) in [4.78, 5) is 0. The van der Waals surface area contributed by atoms with E-state index in [1.54, 1.807) is 0 Å². The first-order valence-electron chi connectivity index (χ1n) is 5.85. The molecule has 2 rings (SSSR count). The van der Waals surface area contributed by atoms with Gasteiger partial charge in [0.2, 0.25) is 0 Å². The van der Waals surface area contributed by atoms with Gasteiger partial charge >= 0.3 is 0 Å². The van der Waals surface area contributed by atoms with E-state index in [2.05, 4.69) is 0 Å². The van der Waals surface area contributed by atoms with Crippen LogP contribution in [-0.4, -0.2) is 0 Å². The molecule has 1 saturated carbocycles. The van der Waals surface area contributed by atoms with Crippen molar-refractivity contribution in [1.82, 2.24) is 0 Å². The number of benzene rings is 1. The standard InChI is InChI=1S/C13H17F2N/c1-2-9-5-6-10(14)11(12(9)15)13(16)7-3-4-8-13/h5-6H,2-4,7-8,16H2,1H3. The van der Waals surface area contributed by atoms with Crippen molar-refractivity contribution >= 4 is 0 Å². The first kappa shape index (κ1) is 11.5. The molecule has 0 aliphatic heterocycles. The highest BCUT2D eigenvalue weighted by Crippen LogP contribution is 2.39. The second-order valence-electron chi connectivity index (χ2n) is 4.61. The van der Waals surface area contributed by atoms with Crippen LogP contribution in [0.3, 0.4) is 0 Å². The van der Waals surface area contributed by atoms with Gasteiger partial charge in [0.05, 0.1) is 0 Å². The van der Waals surface area contributed by atoms with Crippen molar-refractivity contribution in [3.63, 3.8) is 0 Å². The van der Waals surface area contributed by atoms with Crippen LogP contribution in [0.5, 0.6) is 0 Å². The molecule has 0 radical (unpaired) electrons. The molecule has 88 valence electrons. The zero-order chi connectivity index (χ0) is 11.8. The lowest BCUT2D eigenvalue weighted by Crippen LogP contribution is -2.35. The Balaban J connectivity index is 2.54. The van der Waals surface area contributed by atoms with Crippen molar-refractivity contribution in [3.05, 3.63) is 34.9 Å². The highest BCUT2D eigenvalue weighted by molar-refractivity contribution is 5.33. The molecule has 1 aliphatic carbocycles. The Morgan fingerprint density at radius 3 is 2.44 bits per heavy atom. The number of rotatable bonds is 2. The van der Waals surface area contributed by atoms with Gasteiger partial charge in [-0.3, -0.25) is 0 Å². The molecular weight excluding hydrogens is 208 g/mol. The van der Waals surface area contributed by atoms with Crippen molar-refractivity contribution in [2.24, 2.45) is 5.73 Å². The Kier molecular flexibility index (Phi) is 2.98. The predicted octanol–water partition coefficient (Wildman–Crippen LogP) is 3.26. The molecule has 16 heavy (non-hydrogen) atoms. The smallest absolute Gasteiger partial charge is 0.134 e. The molecule has 0 aromatic heterocycles. The Labute approximate surface area is 94.7 Å². The summed E-state index contributed by atoms with van der Waals surface area (Å²) in [7, 11) is 0. The normalized spacial score (nSPS) is 19.0. The summed E-state index contributed by atoms with van der Waals surface area (Å²) >= 11 is 0. The molecule has 0 saturated heterocycles. The van der Waals surface area contributed by atoms with Gasteiger partial charge in [-0.15, -0.1) is 0 Å². The van der Waals surface area contributed by atoms with E-state index in [0.717, 1.165) is 12.8 Å². The topological polar surface area (TPSA) is 26.0 Å². The fraction of sp³-hybridized carbons (Fsp3) is 0.538. The number of hydrogen-bond acceptors (Lipinski definition) is 1. The van der Waals surface area contributed by atoms with Gasteiger partial charge in [0.1, 0.15) is 11.6 Å². The minimum Gasteiger partial charge on any atom is -0.321 e. The van der Waals surface area contributed by atoms with Crippen molar-refractivity contribution < 1.29 is 8.78 Å².